The lowest BCUT2D eigenvalue weighted by Gasteiger charge is -2.25. The van der Waals surface area contributed by atoms with E-state index in [-0.39, 0.29) is 6.10 Å². The molecule has 0 saturated carbocycles. The fourth-order valence-corrected chi connectivity index (χ4v) is 2.71. The van der Waals surface area contributed by atoms with Crippen LogP contribution in [0, 0.1) is 0 Å². The first kappa shape index (κ1) is 12.2. The van der Waals surface area contributed by atoms with E-state index in [9.17, 15) is 4.57 Å². The molecule has 3 nitrogen and oxygen atoms in total. The Bertz CT molecular complexity index is 181. The third kappa shape index (κ3) is 6.84. The van der Waals surface area contributed by atoms with Gasteiger partial charge in [-0.15, -0.1) is 0 Å². The van der Waals surface area contributed by atoms with Gasteiger partial charge in [0.15, 0.2) is 0 Å². The van der Waals surface area contributed by atoms with E-state index in [4.69, 9.17) is 9.05 Å². The van der Waals surface area contributed by atoms with Crippen molar-refractivity contribution in [3.63, 3.8) is 0 Å². The van der Waals surface area contributed by atoms with Gasteiger partial charge >= 0.3 is 7.60 Å². The zero-order valence-electron chi connectivity index (χ0n) is 8.75. The Kier molecular flexibility index (Phi) is 3.95. The van der Waals surface area contributed by atoms with Crippen LogP contribution in [0.2, 0.25) is 0 Å². The van der Waals surface area contributed by atoms with Gasteiger partial charge in [0.25, 0.3) is 0 Å². The molecular formula is C8H19O3P. The van der Waals surface area contributed by atoms with Gasteiger partial charge in [-0.1, -0.05) is 0 Å². The molecule has 0 spiro atoms. The second-order valence-corrected chi connectivity index (χ2v) is 6.07. The highest BCUT2D eigenvalue weighted by molar-refractivity contribution is 7.53. The second kappa shape index (κ2) is 3.91. The van der Waals surface area contributed by atoms with E-state index >= 15 is 0 Å². The van der Waals surface area contributed by atoms with Gasteiger partial charge in [0.2, 0.25) is 0 Å². The van der Waals surface area contributed by atoms with E-state index in [1.165, 1.54) is 6.66 Å². The van der Waals surface area contributed by atoms with Crippen LogP contribution in [0.15, 0.2) is 0 Å². The maximum atomic E-state index is 11.6. The first-order valence-electron chi connectivity index (χ1n) is 4.09. The molecule has 0 radical (unpaired) electrons. The van der Waals surface area contributed by atoms with Crippen LogP contribution in [-0.2, 0) is 13.6 Å². The van der Waals surface area contributed by atoms with Crippen molar-refractivity contribution in [1.29, 1.82) is 0 Å². The predicted molar refractivity (Wildman–Crippen MR) is 50.6 cm³/mol. The van der Waals surface area contributed by atoms with E-state index in [1.807, 2.05) is 34.6 Å². The quantitative estimate of drug-likeness (QED) is 0.648. The summed E-state index contributed by atoms with van der Waals surface area (Å²) in [4.78, 5) is 0. The van der Waals surface area contributed by atoms with Gasteiger partial charge in [0.1, 0.15) is 0 Å². The summed E-state index contributed by atoms with van der Waals surface area (Å²) in [7, 11) is -2.87. The molecule has 0 bridgehead atoms. The molecule has 0 rings (SSSR count). The Balaban J connectivity index is 4.15. The second-order valence-electron chi connectivity index (χ2n) is 4.13. The van der Waals surface area contributed by atoms with Crippen LogP contribution < -0.4 is 0 Å². The molecule has 74 valence electrons. The minimum Gasteiger partial charge on any atom is -0.306 e. The molecule has 0 saturated heterocycles. The van der Waals surface area contributed by atoms with Crippen LogP contribution in [0.1, 0.15) is 34.6 Å². The molecule has 0 aromatic heterocycles. The van der Waals surface area contributed by atoms with Gasteiger partial charge in [0.05, 0.1) is 11.7 Å². The molecule has 0 aliphatic carbocycles. The van der Waals surface area contributed by atoms with Crippen molar-refractivity contribution in [2.24, 2.45) is 0 Å². The highest BCUT2D eigenvalue weighted by Gasteiger charge is 2.26. The molecular weight excluding hydrogens is 175 g/mol. The lowest BCUT2D eigenvalue weighted by atomic mass is 10.2. The van der Waals surface area contributed by atoms with Crippen molar-refractivity contribution in [2.45, 2.75) is 46.3 Å². The molecule has 0 aliphatic heterocycles. The Hall–Kier alpha value is 0.150. The third-order valence-corrected chi connectivity index (χ3v) is 2.53. The smallest absolute Gasteiger partial charge is 0.306 e. The van der Waals surface area contributed by atoms with Gasteiger partial charge in [-0.25, -0.2) is 0 Å². The van der Waals surface area contributed by atoms with E-state index in [1.54, 1.807) is 0 Å². The molecule has 0 aromatic rings. The number of hydrogen-bond acceptors (Lipinski definition) is 3. The summed E-state index contributed by atoms with van der Waals surface area (Å²) in [5, 5.41) is 0. The summed E-state index contributed by atoms with van der Waals surface area (Å²) in [5.41, 5.74) is -0.417. The Morgan fingerprint density at radius 3 is 1.92 bits per heavy atom. The summed E-state index contributed by atoms with van der Waals surface area (Å²) < 4.78 is 22.0. The van der Waals surface area contributed by atoms with Crippen molar-refractivity contribution < 1.29 is 13.6 Å². The molecule has 0 fully saturated rings. The number of rotatable bonds is 3. The standard InChI is InChI=1S/C8H19O3P/c1-7(2)10-12(6,9)11-8(3,4)5/h7H,1-6H3. The van der Waals surface area contributed by atoms with Gasteiger partial charge in [-0.2, -0.15) is 0 Å². The van der Waals surface area contributed by atoms with E-state index in [0.29, 0.717) is 0 Å². The largest absolute Gasteiger partial charge is 0.328 e. The highest BCUT2D eigenvalue weighted by Crippen LogP contribution is 2.48. The van der Waals surface area contributed by atoms with Gasteiger partial charge in [-0.05, 0) is 34.6 Å². The lowest BCUT2D eigenvalue weighted by Crippen LogP contribution is -2.18. The maximum Gasteiger partial charge on any atom is 0.328 e. The van der Waals surface area contributed by atoms with E-state index < -0.39 is 13.2 Å². The average Bonchev–Trinajstić information content (AvgIpc) is 1.48. The SMILES string of the molecule is CC(C)OP(C)(=O)OC(C)(C)C. The monoisotopic (exact) mass is 194 g/mol. The first-order valence-corrected chi connectivity index (χ1v) is 6.08. The highest BCUT2D eigenvalue weighted by atomic mass is 31.2. The summed E-state index contributed by atoms with van der Waals surface area (Å²) in [5.74, 6) is 0. The lowest BCUT2D eigenvalue weighted by molar-refractivity contribution is 0.0852. The van der Waals surface area contributed by atoms with Crippen molar-refractivity contribution in [3.05, 3.63) is 0 Å². The van der Waals surface area contributed by atoms with Crippen LogP contribution in [0.3, 0.4) is 0 Å². The van der Waals surface area contributed by atoms with Crippen LogP contribution in [-0.4, -0.2) is 18.4 Å². The zero-order chi connectivity index (χ0) is 9.99. The molecule has 0 heterocycles. The molecule has 1 unspecified atom stereocenters. The topological polar surface area (TPSA) is 35.5 Å². The summed E-state index contributed by atoms with van der Waals surface area (Å²) in [6, 6.07) is 0. The van der Waals surface area contributed by atoms with Gasteiger partial charge in [-0.3, -0.25) is 4.57 Å². The molecule has 12 heavy (non-hydrogen) atoms. The minimum absolute atomic E-state index is 0.0665. The molecule has 0 aliphatic rings. The Morgan fingerprint density at radius 2 is 1.67 bits per heavy atom. The predicted octanol–water partition coefficient (Wildman–Crippen LogP) is 3.05. The van der Waals surface area contributed by atoms with Crippen LogP contribution in [0.25, 0.3) is 0 Å². The molecule has 0 amide bonds. The average molecular weight is 194 g/mol. The zero-order valence-corrected chi connectivity index (χ0v) is 9.64. The fraction of sp³-hybridized carbons (Fsp3) is 1.00. The summed E-state index contributed by atoms with van der Waals surface area (Å²) in [6.07, 6.45) is -0.0665. The fourth-order valence-electron chi connectivity index (χ4n) is 0.902. The van der Waals surface area contributed by atoms with Crippen molar-refractivity contribution >= 4 is 7.60 Å². The molecule has 1 atom stereocenters. The first-order chi connectivity index (χ1) is 5.12. The maximum absolute atomic E-state index is 11.6. The van der Waals surface area contributed by atoms with Crippen LogP contribution in [0.4, 0.5) is 0 Å². The van der Waals surface area contributed by atoms with Crippen LogP contribution in [0.5, 0.6) is 0 Å². The third-order valence-electron chi connectivity index (χ3n) is 0.842. The van der Waals surface area contributed by atoms with Crippen molar-refractivity contribution in [1.82, 2.24) is 0 Å². The van der Waals surface area contributed by atoms with E-state index in [2.05, 4.69) is 0 Å². The van der Waals surface area contributed by atoms with Crippen molar-refractivity contribution in [3.8, 4) is 0 Å². The summed E-state index contributed by atoms with van der Waals surface area (Å²) in [6.45, 7) is 10.7. The Morgan fingerprint density at radius 1 is 1.25 bits per heavy atom. The number of hydrogen-bond donors (Lipinski definition) is 0. The van der Waals surface area contributed by atoms with Gasteiger partial charge < -0.3 is 9.05 Å². The van der Waals surface area contributed by atoms with Crippen molar-refractivity contribution in [2.75, 3.05) is 6.66 Å². The van der Waals surface area contributed by atoms with Crippen LogP contribution >= 0.6 is 7.60 Å². The molecule has 0 N–H and O–H groups in total. The molecule has 0 aromatic carbocycles. The molecule has 4 heteroatoms. The summed E-state index contributed by atoms with van der Waals surface area (Å²) >= 11 is 0. The Labute approximate surface area is 75.0 Å². The normalized spacial score (nSPS) is 17.9. The van der Waals surface area contributed by atoms with E-state index in [0.717, 1.165) is 0 Å². The van der Waals surface area contributed by atoms with Gasteiger partial charge in [0, 0.05) is 6.66 Å². The minimum atomic E-state index is -2.87.